The molecule has 184 valence electrons. The minimum absolute atomic E-state index is 0.144. The van der Waals surface area contributed by atoms with Crippen molar-refractivity contribution < 1.29 is 19.1 Å². The van der Waals surface area contributed by atoms with Crippen molar-refractivity contribution in [2.75, 3.05) is 20.2 Å². The summed E-state index contributed by atoms with van der Waals surface area (Å²) in [6, 6.07) is 7.86. The van der Waals surface area contributed by atoms with Crippen molar-refractivity contribution in [2.45, 2.75) is 38.8 Å². The third kappa shape index (κ3) is 4.12. The van der Waals surface area contributed by atoms with E-state index < -0.39 is 12.2 Å². The summed E-state index contributed by atoms with van der Waals surface area (Å²) in [4.78, 5) is 32.6. The van der Waals surface area contributed by atoms with Gasteiger partial charge < -0.3 is 29.2 Å². The SMILES string of the molecule is CCn1c(-c2nc3cc(C(=O)N4CCCC[C@@H](OC(N)=O)C4)cc(OC)c3n2C)cc2ccsc21. The molecule has 3 aromatic heterocycles. The van der Waals surface area contributed by atoms with E-state index in [1.54, 1.807) is 29.4 Å². The molecule has 1 fully saturated rings. The average Bonchev–Trinajstić information content (AvgIpc) is 3.46. The minimum Gasteiger partial charge on any atom is -0.494 e. The number of carbonyl (C=O) groups excluding carboxylic acids is 2. The Morgan fingerprint density at radius 2 is 2.09 bits per heavy atom. The summed E-state index contributed by atoms with van der Waals surface area (Å²) in [6.07, 6.45) is 1.17. The predicted octanol–water partition coefficient (Wildman–Crippen LogP) is 4.38. The van der Waals surface area contributed by atoms with E-state index in [1.165, 1.54) is 10.2 Å². The standard InChI is InChI=1S/C25H29N5O4S/c1-4-30-19(12-15-8-10-35-24(15)30)22-27-18-11-16(13-20(33-3)21(18)28(22)2)23(31)29-9-6-5-7-17(14-29)34-25(26)32/h8,10-13,17H,4-7,9,14H2,1-3H3,(H2,26,32)/t17-/m1/s1. The maximum Gasteiger partial charge on any atom is 0.404 e. The quantitative estimate of drug-likeness (QED) is 0.443. The number of amides is 2. The van der Waals surface area contributed by atoms with Crippen molar-refractivity contribution in [1.29, 1.82) is 0 Å². The number of fused-ring (bicyclic) bond motifs is 2. The summed E-state index contributed by atoms with van der Waals surface area (Å²) in [6.45, 7) is 3.86. The molecule has 1 aliphatic rings. The average molecular weight is 496 g/mol. The van der Waals surface area contributed by atoms with E-state index >= 15 is 0 Å². The summed E-state index contributed by atoms with van der Waals surface area (Å²) < 4.78 is 15.2. The lowest BCUT2D eigenvalue weighted by molar-refractivity contribution is 0.0582. The van der Waals surface area contributed by atoms with Gasteiger partial charge in [-0.05, 0) is 55.8 Å². The van der Waals surface area contributed by atoms with Crippen LogP contribution in [0, 0.1) is 0 Å². The topological polar surface area (TPSA) is 105 Å². The molecule has 4 aromatic rings. The molecule has 1 atom stereocenters. The Bertz CT molecular complexity index is 1420. The Hall–Kier alpha value is -3.53. The van der Waals surface area contributed by atoms with Crippen LogP contribution in [-0.4, -0.2) is 57.3 Å². The molecule has 9 nitrogen and oxygen atoms in total. The van der Waals surface area contributed by atoms with Crippen molar-refractivity contribution in [3.63, 3.8) is 0 Å². The number of nitrogens with two attached hydrogens (primary N) is 1. The van der Waals surface area contributed by atoms with E-state index in [2.05, 4.69) is 29.0 Å². The maximum atomic E-state index is 13.5. The van der Waals surface area contributed by atoms with Gasteiger partial charge in [-0.15, -0.1) is 11.3 Å². The predicted molar refractivity (Wildman–Crippen MR) is 136 cm³/mol. The van der Waals surface area contributed by atoms with Gasteiger partial charge in [-0.1, -0.05) is 0 Å². The van der Waals surface area contributed by atoms with Crippen molar-refractivity contribution in [1.82, 2.24) is 19.0 Å². The van der Waals surface area contributed by atoms with Crippen LogP contribution in [0.15, 0.2) is 29.6 Å². The Morgan fingerprint density at radius 3 is 2.83 bits per heavy atom. The highest BCUT2D eigenvalue weighted by molar-refractivity contribution is 7.16. The number of imidazole rings is 1. The first-order chi connectivity index (χ1) is 16.9. The van der Waals surface area contributed by atoms with Gasteiger partial charge in [-0.25, -0.2) is 9.78 Å². The zero-order chi connectivity index (χ0) is 24.7. The van der Waals surface area contributed by atoms with Crippen LogP contribution in [-0.2, 0) is 18.3 Å². The van der Waals surface area contributed by atoms with Crippen molar-refractivity contribution in [2.24, 2.45) is 12.8 Å². The molecule has 0 spiro atoms. The molecule has 1 aromatic carbocycles. The van der Waals surface area contributed by atoms with E-state index in [4.69, 9.17) is 20.2 Å². The summed E-state index contributed by atoms with van der Waals surface area (Å²) in [7, 11) is 3.57. The number of primary amides is 1. The molecule has 0 radical (unpaired) electrons. The van der Waals surface area contributed by atoms with Gasteiger partial charge in [0.15, 0.2) is 5.82 Å². The fraction of sp³-hybridized carbons (Fsp3) is 0.400. The maximum absolute atomic E-state index is 13.5. The van der Waals surface area contributed by atoms with Crippen LogP contribution in [0.25, 0.3) is 32.8 Å². The van der Waals surface area contributed by atoms with Gasteiger partial charge in [0.25, 0.3) is 5.91 Å². The number of likely N-dealkylation sites (tertiary alicyclic amines) is 1. The number of aryl methyl sites for hydroxylation is 2. The minimum atomic E-state index is -0.815. The molecule has 4 heterocycles. The molecule has 2 amide bonds. The number of nitrogens with zero attached hydrogens (tertiary/aromatic N) is 4. The van der Waals surface area contributed by atoms with E-state index in [0.29, 0.717) is 36.3 Å². The Labute approximate surface area is 207 Å². The largest absolute Gasteiger partial charge is 0.494 e. The number of carbonyl (C=O) groups is 2. The van der Waals surface area contributed by atoms with Gasteiger partial charge in [0.05, 0.1) is 24.9 Å². The van der Waals surface area contributed by atoms with Crippen molar-refractivity contribution >= 4 is 44.6 Å². The van der Waals surface area contributed by atoms with Gasteiger partial charge in [-0.2, -0.15) is 0 Å². The molecule has 2 N–H and O–H groups in total. The molecule has 1 saturated heterocycles. The van der Waals surface area contributed by atoms with Crippen LogP contribution in [0.1, 0.15) is 36.5 Å². The highest BCUT2D eigenvalue weighted by Crippen LogP contribution is 2.35. The Kier molecular flexibility index (Phi) is 6.14. The lowest BCUT2D eigenvalue weighted by Crippen LogP contribution is -2.38. The Morgan fingerprint density at radius 1 is 1.26 bits per heavy atom. The highest BCUT2D eigenvalue weighted by atomic mass is 32.1. The third-order valence-corrected chi connectivity index (χ3v) is 7.60. The third-order valence-electron chi connectivity index (χ3n) is 6.65. The van der Waals surface area contributed by atoms with Crippen LogP contribution in [0.2, 0.25) is 0 Å². The van der Waals surface area contributed by atoms with Crippen molar-refractivity contribution in [3.8, 4) is 17.3 Å². The number of benzene rings is 1. The smallest absolute Gasteiger partial charge is 0.404 e. The second kappa shape index (κ2) is 9.26. The van der Waals surface area contributed by atoms with Gasteiger partial charge in [0.1, 0.15) is 22.2 Å². The fourth-order valence-electron chi connectivity index (χ4n) is 5.02. The summed E-state index contributed by atoms with van der Waals surface area (Å²) >= 11 is 1.71. The molecule has 0 saturated carbocycles. The van der Waals surface area contributed by atoms with E-state index in [9.17, 15) is 9.59 Å². The fourth-order valence-corrected chi connectivity index (χ4v) is 5.98. The summed E-state index contributed by atoms with van der Waals surface area (Å²) in [5, 5.41) is 3.29. The first-order valence-electron chi connectivity index (χ1n) is 11.8. The van der Waals surface area contributed by atoms with Crippen LogP contribution in [0.4, 0.5) is 4.79 Å². The normalized spacial score (nSPS) is 16.5. The Balaban J connectivity index is 1.55. The van der Waals surface area contributed by atoms with Crippen LogP contribution in [0.3, 0.4) is 0 Å². The molecule has 0 aliphatic carbocycles. The molecule has 35 heavy (non-hydrogen) atoms. The lowest BCUT2D eigenvalue weighted by atomic mass is 10.1. The number of aromatic nitrogens is 3. The van der Waals surface area contributed by atoms with Gasteiger partial charge in [0.2, 0.25) is 0 Å². The first-order valence-corrected chi connectivity index (χ1v) is 12.7. The number of rotatable bonds is 5. The van der Waals surface area contributed by atoms with E-state index in [0.717, 1.165) is 36.4 Å². The molecule has 0 unspecified atom stereocenters. The second-order valence-electron chi connectivity index (χ2n) is 8.80. The number of hydrogen-bond acceptors (Lipinski definition) is 6. The number of thiophene rings is 1. The molecular weight excluding hydrogens is 466 g/mol. The first kappa shape index (κ1) is 23.2. The van der Waals surface area contributed by atoms with Crippen LogP contribution >= 0.6 is 11.3 Å². The van der Waals surface area contributed by atoms with Gasteiger partial charge >= 0.3 is 6.09 Å². The zero-order valence-electron chi connectivity index (χ0n) is 20.1. The molecule has 5 rings (SSSR count). The van der Waals surface area contributed by atoms with Gasteiger partial charge in [-0.3, -0.25) is 4.79 Å². The van der Waals surface area contributed by atoms with Crippen molar-refractivity contribution in [3.05, 3.63) is 35.2 Å². The number of ether oxygens (including phenoxy) is 2. The number of methoxy groups -OCH3 is 1. The summed E-state index contributed by atoms with van der Waals surface area (Å²) in [5.41, 5.74) is 8.26. The monoisotopic (exact) mass is 495 g/mol. The van der Waals surface area contributed by atoms with E-state index in [1.807, 2.05) is 17.7 Å². The molecule has 10 heteroatoms. The summed E-state index contributed by atoms with van der Waals surface area (Å²) in [5.74, 6) is 1.26. The van der Waals surface area contributed by atoms with Crippen LogP contribution in [0.5, 0.6) is 5.75 Å². The highest BCUT2D eigenvalue weighted by Gasteiger charge is 2.27. The van der Waals surface area contributed by atoms with E-state index in [-0.39, 0.29) is 5.91 Å². The lowest BCUT2D eigenvalue weighted by Gasteiger charge is -2.24. The van der Waals surface area contributed by atoms with Crippen LogP contribution < -0.4 is 10.5 Å². The second-order valence-corrected chi connectivity index (χ2v) is 9.70. The van der Waals surface area contributed by atoms with Gasteiger partial charge in [0, 0.05) is 31.1 Å². The molecule has 1 aliphatic heterocycles. The molecule has 0 bridgehead atoms. The zero-order valence-corrected chi connectivity index (χ0v) is 20.9. The molecular formula is C25H29N5O4S. The number of hydrogen-bond donors (Lipinski definition) is 1.